The van der Waals surface area contributed by atoms with Crippen LogP contribution in [0.4, 0.5) is 10.2 Å². The van der Waals surface area contributed by atoms with E-state index in [0.717, 1.165) is 9.56 Å². The first kappa shape index (κ1) is 22.6. The monoisotopic (exact) mass is 479 g/mol. The van der Waals surface area contributed by atoms with Crippen LogP contribution in [0.15, 0.2) is 30.3 Å². The highest BCUT2D eigenvalue weighted by atomic mass is 35.5. The van der Waals surface area contributed by atoms with Gasteiger partial charge in [-0.2, -0.15) is 9.78 Å². The van der Waals surface area contributed by atoms with Crippen LogP contribution in [0.5, 0.6) is 11.5 Å². The quantitative estimate of drug-likeness (QED) is 0.517. The van der Waals surface area contributed by atoms with Gasteiger partial charge in [-0.05, 0) is 37.1 Å². The minimum Gasteiger partial charge on any atom is -0.497 e. The summed E-state index contributed by atoms with van der Waals surface area (Å²) in [4.78, 5) is 14.3. The lowest BCUT2D eigenvalue weighted by Gasteiger charge is -2.20. The lowest BCUT2D eigenvalue weighted by Crippen LogP contribution is -2.19. The summed E-state index contributed by atoms with van der Waals surface area (Å²) in [5, 5.41) is 7.45. The van der Waals surface area contributed by atoms with Crippen LogP contribution in [0.3, 0.4) is 0 Å². The van der Waals surface area contributed by atoms with E-state index in [1.807, 2.05) is 6.07 Å². The average Bonchev–Trinajstić information content (AvgIpc) is 3.39. The number of rotatable bonds is 7. The Morgan fingerprint density at radius 3 is 2.72 bits per heavy atom. The largest absolute Gasteiger partial charge is 0.497 e. The number of halogens is 2. The Morgan fingerprint density at radius 2 is 2.06 bits per heavy atom. The molecular formula is C22H23ClFN3O4S. The first-order valence-corrected chi connectivity index (χ1v) is 11.3. The molecule has 1 aliphatic heterocycles. The van der Waals surface area contributed by atoms with Gasteiger partial charge in [0.1, 0.15) is 17.2 Å². The second-order valence-corrected chi connectivity index (χ2v) is 9.08. The fourth-order valence-electron chi connectivity index (χ4n) is 3.65. The number of carbonyl (C=O) groups excluding carboxylic acids is 1. The molecule has 0 unspecified atom stereocenters. The molecule has 4 rings (SSSR count). The predicted molar refractivity (Wildman–Crippen MR) is 121 cm³/mol. The van der Waals surface area contributed by atoms with Crippen LogP contribution in [0.2, 0.25) is 4.34 Å². The van der Waals surface area contributed by atoms with E-state index < -0.39 is 11.7 Å². The molecule has 0 atom stereocenters. The highest BCUT2D eigenvalue weighted by molar-refractivity contribution is 7.16. The molecule has 0 aliphatic carbocycles. The van der Waals surface area contributed by atoms with Gasteiger partial charge in [-0.1, -0.05) is 11.6 Å². The van der Waals surface area contributed by atoms with E-state index in [4.69, 9.17) is 25.8 Å². The molecule has 0 amide bonds. The molecule has 1 N–H and O–H groups in total. The summed E-state index contributed by atoms with van der Waals surface area (Å²) in [6.07, 6.45) is 1.29. The number of thiophene rings is 1. The number of benzene rings is 1. The molecule has 3 aromatic rings. The SMILES string of the molecule is COc1ccc(C(=O)n2nc(C3CCOCC3)c(F)c2NCc2ccc(Cl)s2)c(OC)c1. The third kappa shape index (κ3) is 4.60. The molecule has 1 aliphatic rings. The Labute approximate surface area is 194 Å². The second kappa shape index (κ2) is 9.89. The molecule has 0 saturated carbocycles. The van der Waals surface area contributed by atoms with E-state index in [1.54, 1.807) is 24.3 Å². The maximum absolute atomic E-state index is 15.5. The summed E-state index contributed by atoms with van der Waals surface area (Å²) in [6, 6.07) is 8.46. The maximum Gasteiger partial charge on any atom is 0.283 e. The summed E-state index contributed by atoms with van der Waals surface area (Å²) in [6.45, 7) is 1.38. The number of methoxy groups -OCH3 is 2. The van der Waals surface area contributed by atoms with Gasteiger partial charge in [-0.15, -0.1) is 11.3 Å². The van der Waals surface area contributed by atoms with Crippen molar-refractivity contribution >= 4 is 34.7 Å². The molecule has 7 nitrogen and oxygen atoms in total. The number of carbonyl (C=O) groups is 1. The van der Waals surface area contributed by atoms with Gasteiger partial charge in [-0.3, -0.25) is 4.79 Å². The van der Waals surface area contributed by atoms with Crippen LogP contribution in [-0.4, -0.2) is 43.1 Å². The number of hydrogen-bond donors (Lipinski definition) is 1. The number of hydrogen-bond acceptors (Lipinski definition) is 7. The van der Waals surface area contributed by atoms with Crippen LogP contribution in [0.25, 0.3) is 0 Å². The van der Waals surface area contributed by atoms with Crippen molar-refractivity contribution in [2.24, 2.45) is 0 Å². The summed E-state index contributed by atoms with van der Waals surface area (Å²) in [7, 11) is 2.99. The van der Waals surface area contributed by atoms with Gasteiger partial charge in [-0.25, -0.2) is 4.39 Å². The standard InChI is InChI=1S/C22H23ClFN3O4S/c1-29-14-3-5-16(17(11-14)30-2)22(28)27-21(25-12-15-4-6-18(23)32-15)19(24)20(26-27)13-7-9-31-10-8-13/h3-6,11,13,25H,7-10,12H2,1-2H3. The van der Waals surface area contributed by atoms with Crippen LogP contribution in [0, 0.1) is 5.82 Å². The molecule has 0 bridgehead atoms. The highest BCUT2D eigenvalue weighted by Crippen LogP contribution is 2.33. The predicted octanol–water partition coefficient (Wildman–Crippen LogP) is 4.95. The molecule has 2 aromatic heterocycles. The van der Waals surface area contributed by atoms with Crippen molar-refractivity contribution in [2.75, 3.05) is 32.8 Å². The second-order valence-electron chi connectivity index (χ2n) is 7.28. The highest BCUT2D eigenvalue weighted by Gasteiger charge is 2.30. The molecule has 32 heavy (non-hydrogen) atoms. The Hall–Kier alpha value is -2.62. The average molecular weight is 480 g/mol. The number of aromatic nitrogens is 2. The van der Waals surface area contributed by atoms with Crippen molar-refractivity contribution in [3.63, 3.8) is 0 Å². The first-order chi connectivity index (χ1) is 15.5. The third-order valence-electron chi connectivity index (χ3n) is 5.35. The van der Waals surface area contributed by atoms with E-state index in [0.29, 0.717) is 48.4 Å². The number of nitrogens with one attached hydrogen (secondary N) is 1. The summed E-state index contributed by atoms with van der Waals surface area (Å²) < 4.78 is 33.2. The molecule has 3 heterocycles. The smallest absolute Gasteiger partial charge is 0.283 e. The topological polar surface area (TPSA) is 74.6 Å². The minimum absolute atomic E-state index is 0.0129. The zero-order valence-corrected chi connectivity index (χ0v) is 19.3. The molecule has 170 valence electrons. The van der Waals surface area contributed by atoms with Crippen molar-refractivity contribution < 1.29 is 23.4 Å². The van der Waals surface area contributed by atoms with Crippen molar-refractivity contribution in [3.8, 4) is 11.5 Å². The Balaban J connectivity index is 1.72. The number of nitrogens with zero attached hydrogens (tertiary/aromatic N) is 2. The molecule has 1 fully saturated rings. The molecule has 1 saturated heterocycles. The van der Waals surface area contributed by atoms with E-state index in [2.05, 4.69) is 10.4 Å². The Kier molecular flexibility index (Phi) is 6.98. The fraction of sp³-hybridized carbons (Fsp3) is 0.364. The Morgan fingerprint density at radius 1 is 1.28 bits per heavy atom. The molecule has 1 aromatic carbocycles. The van der Waals surface area contributed by atoms with Crippen molar-refractivity contribution in [1.29, 1.82) is 0 Å². The van der Waals surface area contributed by atoms with Gasteiger partial charge in [0.15, 0.2) is 11.6 Å². The van der Waals surface area contributed by atoms with Crippen molar-refractivity contribution in [1.82, 2.24) is 9.78 Å². The minimum atomic E-state index is -0.527. The van der Waals surface area contributed by atoms with Crippen LogP contribution in [0.1, 0.15) is 39.7 Å². The van der Waals surface area contributed by atoms with E-state index >= 15 is 4.39 Å². The van der Waals surface area contributed by atoms with Crippen LogP contribution in [-0.2, 0) is 11.3 Å². The molecular weight excluding hydrogens is 457 g/mol. The third-order valence-corrected chi connectivity index (χ3v) is 6.58. The zero-order chi connectivity index (χ0) is 22.7. The van der Waals surface area contributed by atoms with Gasteiger partial charge in [0.05, 0.1) is 30.7 Å². The maximum atomic E-state index is 15.5. The first-order valence-electron chi connectivity index (χ1n) is 10.1. The van der Waals surface area contributed by atoms with Crippen molar-refractivity contribution in [2.45, 2.75) is 25.3 Å². The normalized spacial score (nSPS) is 14.4. The number of ether oxygens (including phenoxy) is 3. The van der Waals surface area contributed by atoms with Gasteiger partial charge in [0, 0.05) is 30.1 Å². The van der Waals surface area contributed by atoms with Gasteiger partial charge >= 0.3 is 0 Å². The lowest BCUT2D eigenvalue weighted by molar-refractivity contribution is 0.0834. The summed E-state index contributed by atoms with van der Waals surface area (Å²) in [5.74, 6) is -0.283. The van der Waals surface area contributed by atoms with Crippen molar-refractivity contribution in [3.05, 3.63) is 56.6 Å². The van der Waals surface area contributed by atoms with Crippen LogP contribution >= 0.6 is 22.9 Å². The van der Waals surface area contributed by atoms with Gasteiger partial charge < -0.3 is 19.5 Å². The van der Waals surface area contributed by atoms with E-state index in [9.17, 15) is 4.79 Å². The lowest BCUT2D eigenvalue weighted by atomic mass is 9.96. The molecule has 0 spiro atoms. The Bertz CT molecular complexity index is 1110. The van der Waals surface area contributed by atoms with Crippen LogP contribution < -0.4 is 14.8 Å². The van der Waals surface area contributed by atoms with Gasteiger partial charge in [0.25, 0.3) is 5.91 Å². The molecule has 10 heteroatoms. The number of anilines is 1. The van der Waals surface area contributed by atoms with Gasteiger partial charge in [0.2, 0.25) is 0 Å². The fourth-order valence-corrected chi connectivity index (χ4v) is 4.68. The summed E-state index contributed by atoms with van der Waals surface area (Å²) in [5.41, 5.74) is 0.511. The zero-order valence-electron chi connectivity index (χ0n) is 17.7. The van der Waals surface area contributed by atoms with E-state index in [1.165, 1.54) is 25.6 Å². The molecule has 0 radical (unpaired) electrons. The summed E-state index contributed by atoms with van der Waals surface area (Å²) >= 11 is 7.39. The van der Waals surface area contributed by atoms with E-state index in [-0.39, 0.29) is 23.0 Å².